The summed E-state index contributed by atoms with van der Waals surface area (Å²) in [6.45, 7) is 11.4. The fraction of sp³-hybridized carbons (Fsp3) is 0.467. The summed E-state index contributed by atoms with van der Waals surface area (Å²) < 4.78 is 0. The van der Waals surface area contributed by atoms with E-state index in [4.69, 9.17) is 0 Å². The lowest BCUT2D eigenvalue weighted by Crippen LogP contribution is -2.43. The Bertz CT molecular complexity index is 1130. The van der Waals surface area contributed by atoms with Crippen molar-refractivity contribution < 1.29 is 9.59 Å². The summed E-state index contributed by atoms with van der Waals surface area (Å²) in [6, 6.07) is 0.329. The van der Waals surface area contributed by atoms with Gasteiger partial charge in [-0.2, -0.15) is 0 Å². The number of hydrogen-bond acceptors (Lipinski definition) is 5. The number of likely N-dealkylation sites (tertiary alicyclic amines) is 2. The van der Waals surface area contributed by atoms with Gasteiger partial charge in [-0.05, 0) is 83.8 Å². The van der Waals surface area contributed by atoms with E-state index in [2.05, 4.69) is 31.8 Å². The third-order valence-corrected chi connectivity index (χ3v) is 7.54. The predicted molar refractivity (Wildman–Crippen MR) is 150 cm³/mol. The first-order chi connectivity index (χ1) is 18.0. The normalized spacial score (nSPS) is 23.2. The Hall–Kier alpha value is -3.32. The van der Waals surface area contributed by atoms with E-state index in [0.717, 1.165) is 61.6 Å². The van der Waals surface area contributed by atoms with Crippen LogP contribution in [0.15, 0.2) is 80.8 Å². The van der Waals surface area contributed by atoms with E-state index in [-0.39, 0.29) is 17.5 Å². The molecule has 0 unspecified atom stereocenters. The monoisotopic (exact) mass is 501 g/mol. The van der Waals surface area contributed by atoms with Crippen LogP contribution >= 0.6 is 0 Å². The van der Waals surface area contributed by atoms with Crippen LogP contribution in [-0.2, 0) is 9.59 Å². The minimum absolute atomic E-state index is 0.179. The van der Waals surface area contributed by atoms with E-state index >= 15 is 0 Å². The second-order valence-electron chi connectivity index (χ2n) is 10.1. The smallest absolute Gasteiger partial charge is 0.275 e. The highest BCUT2D eigenvalue weighted by atomic mass is 16.2. The number of nitrogens with one attached hydrogen (secondary N) is 1. The van der Waals surface area contributed by atoms with Gasteiger partial charge in [-0.25, -0.2) is 4.99 Å². The Kier molecular flexibility index (Phi) is 9.23. The van der Waals surface area contributed by atoms with Crippen LogP contribution in [0.3, 0.4) is 0 Å². The van der Waals surface area contributed by atoms with Gasteiger partial charge in [-0.1, -0.05) is 36.5 Å². The van der Waals surface area contributed by atoms with Gasteiger partial charge in [0.05, 0.1) is 5.70 Å². The van der Waals surface area contributed by atoms with Crippen molar-refractivity contribution >= 4 is 24.2 Å². The number of rotatable bonds is 8. The molecule has 2 saturated heterocycles. The zero-order valence-electron chi connectivity index (χ0n) is 22.2. The Morgan fingerprint density at radius 3 is 2.49 bits per heavy atom. The molecule has 2 heterocycles. The lowest BCUT2D eigenvalue weighted by atomic mass is 9.94. The van der Waals surface area contributed by atoms with Gasteiger partial charge in [0.25, 0.3) is 5.91 Å². The molecule has 37 heavy (non-hydrogen) atoms. The molecule has 2 fully saturated rings. The predicted octanol–water partition coefficient (Wildman–Crippen LogP) is 4.63. The van der Waals surface area contributed by atoms with Crippen molar-refractivity contribution in [1.82, 2.24) is 15.1 Å². The minimum Gasteiger partial charge on any atom is -0.335 e. The van der Waals surface area contributed by atoms with E-state index < -0.39 is 0 Å². The summed E-state index contributed by atoms with van der Waals surface area (Å²) in [5, 5.41) is 2.95. The van der Waals surface area contributed by atoms with Crippen molar-refractivity contribution in [2.45, 2.75) is 64.8 Å². The number of allylic oxidation sites excluding steroid dienone is 9. The average Bonchev–Trinajstić information content (AvgIpc) is 3.54. The highest BCUT2D eigenvalue weighted by Gasteiger charge is 2.32. The fourth-order valence-corrected chi connectivity index (χ4v) is 5.34. The van der Waals surface area contributed by atoms with E-state index in [1.807, 2.05) is 49.5 Å². The summed E-state index contributed by atoms with van der Waals surface area (Å²) in [5.41, 5.74) is 4.15. The number of nitrogens with zero attached hydrogens (tertiary/aromatic N) is 4. The van der Waals surface area contributed by atoms with Crippen molar-refractivity contribution in [2.75, 3.05) is 26.2 Å². The van der Waals surface area contributed by atoms with Crippen LogP contribution in [0.1, 0.15) is 58.8 Å². The number of carbonyl (C=O) groups is 2. The third kappa shape index (κ3) is 6.92. The van der Waals surface area contributed by atoms with Crippen LogP contribution in [0.25, 0.3) is 0 Å². The topological polar surface area (TPSA) is 77.4 Å². The number of hydrogen-bond donors (Lipinski definition) is 1. The van der Waals surface area contributed by atoms with E-state index in [9.17, 15) is 9.59 Å². The third-order valence-electron chi connectivity index (χ3n) is 7.54. The van der Waals surface area contributed by atoms with Gasteiger partial charge in [0, 0.05) is 42.5 Å². The maximum absolute atomic E-state index is 13.4. The summed E-state index contributed by atoms with van der Waals surface area (Å²) in [4.78, 5) is 39.6. The van der Waals surface area contributed by atoms with Crippen molar-refractivity contribution in [3.05, 3.63) is 70.8 Å². The molecule has 2 amide bonds. The quantitative estimate of drug-likeness (QED) is 0.389. The fourth-order valence-electron chi connectivity index (χ4n) is 5.34. The molecule has 0 spiro atoms. The molecular weight excluding hydrogens is 462 g/mol. The number of aliphatic imine (C=N–C) groups is 2. The molecule has 0 radical (unpaired) electrons. The Balaban J connectivity index is 1.44. The van der Waals surface area contributed by atoms with Crippen LogP contribution < -0.4 is 5.32 Å². The molecule has 4 rings (SSSR count). The standard InChI is InChI=1S/C30H39N5O2/c1-22(32-28(23(2)31-3)29(36)33-26-11-6-4-5-7-12-26)24-14-16-25(17-15-24)30(37)35-20-10-13-27(35)21-34-18-8-9-19-34/h4-7,11,14,16,27H,3,8-10,12-13,15,17-21H2,1-2H3,(H,33,36)/b28-23-,32-22+/t27-/m1/s1. The minimum atomic E-state index is -0.305. The van der Waals surface area contributed by atoms with Gasteiger partial charge in [-0.3, -0.25) is 14.6 Å². The molecule has 7 heteroatoms. The van der Waals surface area contributed by atoms with Crippen LogP contribution in [0.4, 0.5) is 0 Å². The molecule has 7 nitrogen and oxygen atoms in total. The maximum Gasteiger partial charge on any atom is 0.275 e. The summed E-state index contributed by atoms with van der Waals surface area (Å²) in [7, 11) is 0. The van der Waals surface area contributed by atoms with E-state index in [1.165, 1.54) is 12.8 Å². The highest BCUT2D eigenvalue weighted by molar-refractivity contribution is 6.05. The van der Waals surface area contributed by atoms with Crippen molar-refractivity contribution in [3.63, 3.8) is 0 Å². The Labute approximate surface area is 220 Å². The van der Waals surface area contributed by atoms with Crippen molar-refractivity contribution in [2.24, 2.45) is 9.98 Å². The number of carbonyl (C=O) groups excluding carboxylic acids is 2. The first-order valence-electron chi connectivity index (χ1n) is 13.5. The molecule has 1 atom stereocenters. The molecule has 4 aliphatic rings. The summed E-state index contributed by atoms with van der Waals surface area (Å²) in [6.07, 6.45) is 20.3. The van der Waals surface area contributed by atoms with Gasteiger partial charge in [0.1, 0.15) is 5.70 Å². The van der Waals surface area contributed by atoms with Crippen LogP contribution in [0, 0.1) is 0 Å². The molecular formula is C30H39N5O2. The molecule has 0 aromatic heterocycles. The first kappa shape index (κ1) is 26.7. The van der Waals surface area contributed by atoms with Gasteiger partial charge in [0.2, 0.25) is 5.91 Å². The van der Waals surface area contributed by atoms with E-state index in [1.54, 1.807) is 6.92 Å². The van der Waals surface area contributed by atoms with Crippen LogP contribution in [0.2, 0.25) is 0 Å². The van der Waals surface area contributed by atoms with Gasteiger partial charge in [0.15, 0.2) is 0 Å². The highest BCUT2D eigenvalue weighted by Crippen LogP contribution is 2.27. The molecule has 2 aliphatic carbocycles. The summed E-state index contributed by atoms with van der Waals surface area (Å²) in [5.74, 6) is -0.127. The Morgan fingerprint density at radius 2 is 1.76 bits per heavy atom. The largest absolute Gasteiger partial charge is 0.335 e. The second kappa shape index (κ2) is 12.8. The van der Waals surface area contributed by atoms with Crippen LogP contribution in [-0.4, -0.2) is 66.3 Å². The van der Waals surface area contributed by atoms with Crippen molar-refractivity contribution in [1.29, 1.82) is 0 Å². The van der Waals surface area contributed by atoms with Crippen LogP contribution in [0.5, 0.6) is 0 Å². The molecule has 0 bridgehead atoms. The average molecular weight is 502 g/mol. The molecule has 1 N–H and O–H groups in total. The lowest BCUT2D eigenvalue weighted by molar-refractivity contribution is -0.128. The lowest BCUT2D eigenvalue weighted by Gasteiger charge is -2.30. The number of amides is 2. The van der Waals surface area contributed by atoms with Gasteiger partial charge >= 0.3 is 0 Å². The summed E-state index contributed by atoms with van der Waals surface area (Å²) >= 11 is 0. The zero-order chi connectivity index (χ0) is 26.2. The molecule has 196 valence electrons. The molecule has 0 aromatic rings. The molecule has 2 aliphatic heterocycles. The second-order valence-corrected chi connectivity index (χ2v) is 10.1. The maximum atomic E-state index is 13.4. The van der Waals surface area contributed by atoms with Gasteiger partial charge < -0.3 is 15.1 Å². The molecule has 0 aromatic carbocycles. The van der Waals surface area contributed by atoms with Crippen molar-refractivity contribution in [3.8, 4) is 0 Å². The Morgan fingerprint density at radius 1 is 1.00 bits per heavy atom. The van der Waals surface area contributed by atoms with E-state index in [0.29, 0.717) is 31.0 Å². The van der Waals surface area contributed by atoms with Gasteiger partial charge in [-0.15, -0.1) is 0 Å². The SMILES string of the molecule is C=N/C(C)=C(\N=C(/C)C1=CC=C(C(=O)N2CCC[C@@H]2CN2CCCC2)CC1)C(=O)NC1=CC=CC=CC1. The molecule has 0 saturated carbocycles. The first-order valence-corrected chi connectivity index (χ1v) is 13.5. The zero-order valence-corrected chi connectivity index (χ0v) is 22.2.